The summed E-state index contributed by atoms with van der Waals surface area (Å²) in [6.45, 7) is 4.55. The molecule has 1 aromatic rings. The van der Waals surface area contributed by atoms with E-state index in [1.165, 1.54) is 13.5 Å². The number of rotatable bonds is 4. The fourth-order valence-electron chi connectivity index (χ4n) is 2.67. The lowest BCUT2D eigenvalue weighted by atomic mass is 9.92. The third-order valence-electron chi connectivity index (χ3n) is 3.75. The molecule has 0 radical (unpaired) electrons. The largest absolute Gasteiger partial charge is 0.382 e. The van der Waals surface area contributed by atoms with Crippen LogP contribution in [0.15, 0.2) is 29.2 Å². The highest BCUT2D eigenvalue weighted by Crippen LogP contribution is 2.38. The zero-order valence-corrected chi connectivity index (χ0v) is 12.5. The van der Waals surface area contributed by atoms with Crippen LogP contribution in [0.4, 0.5) is 5.69 Å². The standard InChI is InChI=1S/C14H22N2O2S/c1-14(2)8-7-12(10-14)16-11-5-4-6-13(9-11)19(17,18)15-3/h4-6,9,12,15-16H,7-8,10H2,1-3H3. The molecule has 4 nitrogen and oxygen atoms in total. The molecule has 1 atom stereocenters. The van der Waals surface area contributed by atoms with Gasteiger partial charge in [-0.3, -0.25) is 0 Å². The van der Waals surface area contributed by atoms with Crippen LogP contribution in [-0.2, 0) is 10.0 Å². The normalized spacial score (nSPS) is 22.4. The first-order valence-electron chi connectivity index (χ1n) is 6.63. The van der Waals surface area contributed by atoms with E-state index in [1.54, 1.807) is 18.2 Å². The number of hydrogen-bond acceptors (Lipinski definition) is 3. The molecule has 2 rings (SSSR count). The zero-order chi connectivity index (χ0) is 14.1. The monoisotopic (exact) mass is 282 g/mol. The molecule has 0 aromatic heterocycles. The average Bonchev–Trinajstić information content (AvgIpc) is 2.69. The van der Waals surface area contributed by atoms with Gasteiger partial charge in [-0.25, -0.2) is 13.1 Å². The Kier molecular flexibility index (Phi) is 3.87. The Morgan fingerprint density at radius 1 is 1.32 bits per heavy atom. The summed E-state index contributed by atoms with van der Waals surface area (Å²) in [4.78, 5) is 0.303. The van der Waals surface area contributed by atoms with Crippen molar-refractivity contribution in [2.75, 3.05) is 12.4 Å². The van der Waals surface area contributed by atoms with Crippen molar-refractivity contribution < 1.29 is 8.42 Å². The molecule has 1 saturated carbocycles. The minimum absolute atomic E-state index is 0.303. The SMILES string of the molecule is CNS(=O)(=O)c1cccc(NC2CCC(C)(C)C2)c1. The molecular weight excluding hydrogens is 260 g/mol. The lowest BCUT2D eigenvalue weighted by Crippen LogP contribution is -2.20. The predicted molar refractivity (Wildman–Crippen MR) is 77.7 cm³/mol. The lowest BCUT2D eigenvalue weighted by molar-refractivity contribution is 0.378. The van der Waals surface area contributed by atoms with Gasteiger partial charge in [-0.05, 0) is 49.9 Å². The van der Waals surface area contributed by atoms with Gasteiger partial charge < -0.3 is 5.32 Å². The molecule has 1 aliphatic rings. The number of sulfonamides is 1. The third kappa shape index (κ3) is 3.48. The Morgan fingerprint density at radius 2 is 2.05 bits per heavy atom. The van der Waals surface area contributed by atoms with Crippen LogP contribution in [-0.4, -0.2) is 21.5 Å². The molecule has 106 valence electrons. The van der Waals surface area contributed by atoms with Crippen molar-refractivity contribution in [3.05, 3.63) is 24.3 Å². The van der Waals surface area contributed by atoms with Crippen molar-refractivity contribution >= 4 is 15.7 Å². The maximum absolute atomic E-state index is 11.8. The van der Waals surface area contributed by atoms with E-state index in [2.05, 4.69) is 23.9 Å². The van der Waals surface area contributed by atoms with Crippen molar-refractivity contribution in [2.24, 2.45) is 5.41 Å². The predicted octanol–water partition coefficient (Wildman–Crippen LogP) is 2.59. The maximum Gasteiger partial charge on any atom is 0.240 e. The molecule has 1 aromatic carbocycles. The van der Waals surface area contributed by atoms with E-state index in [0.29, 0.717) is 16.4 Å². The lowest BCUT2D eigenvalue weighted by Gasteiger charge is -2.19. The van der Waals surface area contributed by atoms with Crippen molar-refractivity contribution in [3.63, 3.8) is 0 Å². The van der Waals surface area contributed by atoms with E-state index < -0.39 is 10.0 Å². The molecule has 0 spiro atoms. The highest BCUT2D eigenvalue weighted by Gasteiger charge is 2.30. The molecule has 5 heteroatoms. The molecule has 1 fully saturated rings. The van der Waals surface area contributed by atoms with Gasteiger partial charge in [0, 0.05) is 11.7 Å². The van der Waals surface area contributed by atoms with Crippen molar-refractivity contribution in [2.45, 2.75) is 44.0 Å². The van der Waals surface area contributed by atoms with Crippen LogP contribution in [0, 0.1) is 5.41 Å². The van der Waals surface area contributed by atoms with Gasteiger partial charge in [0.1, 0.15) is 0 Å². The number of anilines is 1. The minimum Gasteiger partial charge on any atom is -0.382 e. The van der Waals surface area contributed by atoms with Gasteiger partial charge >= 0.3 is 0 Å². The number of nitrogens with one attached hydrogen (secondary N) is 2. The summed E-state index contributed by atoms with van der Waals surface area (Å²) in [5.41, 5.74) is 1.26. The Labute approximate surface area is 115 Å². The first-order valence-corrected chi connectivity index (χ1v) is 8.11. The van der Waals surface area contributed by atoms with Gasteiger partial charge in [0.2, 0.25) is 10.0 Å². The molecule has 1 aliphatic carbocycles. The Hall–Kier alpha value is -1.07. The van der Waals surface area contributed by atoms with Gasteiger partial charge in [-0.15, -0.1) is 0 Å². The van der Waals surface area contributed by atoms with Crippen LogP contribution < -0.4 is 10.0 Å². The maximum atomic E-state index is 11.8. The molecule has 1 unspecified atom stereocenters. The van der Waals surface area contributed by atoms with Crippen molar-refractivity contribution in [1.82, 2.24) is 4.72 Å². The van der Waals surface area contributed by atoms with Crippen LogP contribution in [0.25, 0.3) is 0 Å². The zero-order valence-electron chi connectivity index (χ0n) is 11.7. The first kappa shape index (κ1) is 14.3. The Balaban J connectivity index is 2.13. The van der Waals surface area contributed by atoms with E-state index in [1.807, 2.05) is 6.07 Å². The van der Waals surface area contributed by atoms with Crippen molar-refractivity contribution in [1.29, 1.82) is 0 Å². The molecule has 0 amide bonds. The fraction of sp³-hybridized carbons (Fsp3) is 0.571. The van der Waals surface area contributed by atoms with Crippen LogP contribution in [0.3, 0.4) is 0 Å². The third-order valence-corrected chi connectivity index (χ3v) is 5.16. The summed E-state index contributed by atoms with van der Waals surface area (Å²) < 4.78 is 25.8. The first-order chi connectivity index (χ1) is 8.82. The summed E-state index contributed by atoms with van der Waals surface area (Å²) in [5, 5.41) is 3.44. The van der Waals surface area contributed by atoms with E-state index >= 15 is 0 Å². The second kappa shape index (κ2) is 5.13. The minimum atomic E-state index is -3.37. The van der Waals surface area contributed by atoms with Crippen LogP contribution in [0.5, 0.6) is 0 Å². The molecular formula is C14H22N2O2S. The van der Waals surface area contributed by atoms with Gasteiger partial charge in [0.15, 0.2) is 0 Å². The molecule has 0 aliphatic heterocycles. The van der Waals surface area contributed by atoms with Gasteiger partial charge in [0.05, 0.1) is 4.90 Å². The molecule has 0 bridgehead atoms. The molecule has 0 saturated heterocycles. The summed E-state index contributed by atoms with van der Waals surface area (Å²) in [6.07, 6.45) is 3.46. The van der Waals surface area contributed by atoms with E-state index in [-0.39, 0.29) is 0 Å². The number of benzene rings is 1. The van der Waals surface area contributed by atoms with Gasteiger partial charge in [-0.1, -0.05) is 19.9 Å². The number of hydrogen-bond donors (Lipinski definition) is 2. The summed E-state index contributed by atoms with van der Waals surface area (Å²) in [6, 6.07) is 7.42. The average molecular weight is 282 g/mol. The highest BCUT2D eigenvalue weighted by atomic mass is 32.2. The highest BCUT2D eigenvalue weighted by molar-refractivity contribution is 7.89. The fourth-order valence-corrected chi connectivity index (χ4v) is 3.44. The van der Waals surface area contributed by atoms with Crippen LogP contribution in [0.1, 0.15) is 33.1 Å². The van der Waals surface area contributed by atoms with Crippen LogP contribution >= 0.6 is 0 Å². The quantitative estimate of drug-likeness (QED) is 0.892. The van der Waals surface area contributed by atoms with E-state index in [4.69, 9.17) is 0 Å². The topological polar surface area (TPSA) is 58.2 Å². The second-order valence-electron chi connectivity index (χ2n) is 5.98. The van der Waals surface area contributed by atoms with Crippen molar-refractivity contribution in [3.8, 4) is 0 Å². The Bertz CT molecular complexity index is 552. The van der Waals surface area contributed by atoms with Crippen LogP contribution in [0.2, 0.25) is 0 Å². The second-order valence-corrected chi connectivity index (χ2v) is 7.87. The van der Waals surface area contributed by atoms with Gasteiger partial charge in [-0.2, -0.15) is 0 Å². The Morgan fingerprint density at radius 3 is 2.63 bits per heavy atom. The smallest absolute Gasteiger partial charge is 0.240 e. The molecule has 0 heterocycles. The van der Waals surface area contributed by atoms with Gasteiger partial charge in [0.25, 0.3) is 0 Å². The molecule has 2 N–H and O–H groups in total. The summed E-state index contributed by atoms with van der Waals surface area (Å²) >= 11 is 0. The molecule has 19 heavy (non-hydrogen) atoms. The van der Waals surface area contributed by atoms with E-state index in [9.17, 15) is 8.42 Å². The summed E-state index contributed by atoms with van der Waals surface area (Å²) in [5.74, 6) is 0. The summed E-state index contributed by atoms with van der Waals surface area (Å²) in [7, 11) is -1.94. The van der Waals surface area contributed by atoms with E-state index in [0.717, 1.165) is 18.5 Å².